The molecule has 0 radical (unpaired) electrons. The van der Waals surface area contributed by atoms with Gasteiger partial charge in [0.25, 0.3) is 0 Å². The second kappa shape index (κ2) is 6.81. The summed E-state index contributed by atoms with van der Waals surface area (Å²) in [6, 6.07) is 5.17. The van der Waals surface area contributed by atoms with E-state index in [0.29, 0.717) is 36.8 Å². The maximum Gasteiger partial charge on any atom is 0.229 e. The van der Waals surface area contributed by atoms with Gasteiger partial charge in [0.15, 0.2) is 0 Å². The molecule has 2 fully saturated rings. The number of carbonyl (C=O) groups is 3. The van der Waals surface area contributed by atoms with Gasteiger partial charge in [-0.1, -0.05) is 11.6 Å². The van der Waals surface area contributed by atoms with Crippen molar-refractivity contribution in [3.8, 4) is 0 Å². The molecule has 0 bridgehead atoms. The zero-order chi connectivity index (χ0) is 17.3. The molecule has 3 amide bonds. The van der Waals surface area contributed by atoms with Gasteiger partial charge in [-0.05, 0) is 31.5 Å². The van der Waals surface area contributed by atoms with Gasteiger partial charge in [0.2, 0.25) is 17.7 Å². The van der Waals surface area contributed by atoms with Crippen molar-refractivity contribution in [2.75, 3.05) is 29.9 Å². The number of nitrogens with one attached hydrogen (secondary N) is 1. The van der Waals surface area contributed by atoms with E-state index in [1.807, 2.05) is 6.92 Å². The summed E-state index contributed by atoms with van der Waals surface area (Å²) >= 11 is 6.18. The molecule has 0 saturated carbocycles. The minimum absolute atomic E-state index is 0.000149. The molecule has 0 spiro atoms. The Morgan fingerprint density at radius 2 is 2.12 bits per heavy atom. The van der Waals surface area contributed by atoms with Gasteiger partial charge in [0.05, 0.1) is 16.6 Å². The zero-order valence-corrected chi connectivity index (χ0v) is 14.3. The maximum absolute atomic E-state index is 12.4. The van der Waals surface area contributed by atoms with Gasteiger partial charge in [0.1, 0.15) is 0 Å². The summed E-state index contributed by atoms with van der Waals surface area (Å²) in [6.07, 6.45) is 1.60. The van der Waals surface area contributed by atoms with Gasteiger partial charge in [-0.3, -0.25) is 14.4 Å². The van der Waals surface area contributed by atoms with E-state index in [1.165, 1.54) is 0 Å². The number of amides is 3. The summed E-state index contributed by atoms with van der Waals surface area (Å²) < 4.78 is 0. The fourth-order valence-corrected chi connectivity index (χ4v) is 3.35. The maximum atomic E-state index is 12.4. The van der Waals surface area contributed by atoms with E-state index in [9.17, 15) is 14.4 Å². The smallest absolute Gasteiger partial charge is 0.229 e. The fourth-order valence-electron chi connectivity index (χ4n) is 3.19. The Kier molecular flexibility index (Phi) is 4.76. The van der Waals surface area contributed by atoms with Crippen LogP contribution in [0.15, 0.2) is 18.2 Å². The number of hydrogen-bond donors (Lipinski definition) is 1. The Morgan fingerprint density at radius 3 is 2.75 bits per heavy atom. The van der Waals surface area contributed by atoms with E-state index in [1.54, 1.807) is 28.0 Å². The molecule has 0 aromatic heterocycles. The van der Waals surface area contributed by atoms with E-state index in [4.69, 9.17) is 11.6 Å². The minimum atomic E-state index is -0.370. The SMILES string of the molecule is CCN1CC(C(=O)Nc2cc(N3CCCC3=O)ccc2Cl)CC1=O. The molecule has 7 heteroatoms. The van der Waals surface area contributed by atoms with Crippen molar-refractivity contribution in [1.82, 2.24) is 4.90 Å². The van der Waals surface area contributed by atoms with Crippen LogP contribution in [0, 0.1) is 5.92 Å². The quantitative estimate of drug-likeness (QED) is 0.906. The van der Waals surface area contributed by atoms with Crippen molar-refractivity contribution in [3.05, 3.63) is 23.2 Å². The molecule has 128 valence electrons. The lowest BCUT2D eigenvalue weighted by Gasteiger charge is -2.18. The van der Waals surface area contributed by atoms with Crippen molar-refractivity contribution in [1.29, 1.82) is 0 Å². The number of carbonyl (C=O) groups excluding carboxylic acids is 3. The predicted octanol–water partition coefficient (Wildman–Crippen LogP) is 2.27. The van der Waals surface area contributed by atoms with Crippen molar-refractivity contribution in [2.24, 2.45) is 5.92 Å². The molecular formula is C17H20ClN3O3. The lowest BCUT2D eigenvalue weighted by molar-refractivity contribution is -0.128. The number of rotatable bonds is 4. The molecule has 1 unspecified atom stereocenters. The third-order valence-corrected chi connectivity index (χ3v) is 4.89. The second-order valence-corrected chi connectivity index (χ2v) is 6.54. The number of halogens is 1. The summed E-state index contributed by atoms with van der Waals surface area (Å²) in [5.41, 5.74) is 1.20. The van der Waals surface area contributed by atoms with Crippen LogP contribution in [0.1, 0.15) is 26.2 Å². The number of likely N-dealkylation sites (tertiary alicyclic amines) is 1. The number of benzene rings is 1. The molecule has 1 aromatic carbocycles. The molecule has 6 nitrogen and oxygen atoms in total. The van der Waals surface area contributed by atoms with Crippen molar-refractivity contribution in [2.45, 2.75) is 26.2 Å². The monoisotopic (exact) mass is 349 g/mol. The summed E-state index contributed by atoms with van der Waals surface area (Å²) in [7, 11) is 0. The molecule has 2 aliphatic heterocycles. The van der Waals surface area contributed by atoms with Gasteiger partial charge in [-0.2, -0.15) is 0 Å². The van der Waals surface area contributed by atoms with Crippen LogP contribution in [0.5, 0.6) is 0 Å². The van der Waals surface area contributed by atoms with Gasteiger partial charge in [0, 0.05) is 38.2 Å². The molecule has 1 N–H and O–H groups in total. The third-order valence-electron chi connectivity index (χ3n) is 4.56. The molecule has 0 aliphatic carbocycles. The van der Waals surface area contributed by atoms with Crippen molar-refractivity contribution >= 4 is 40.7 Å². The standard InChI is InChI=1S/C17H20ClN3O3/c1-2-20-10-11(8-16(20)23)17(24)19-14-9-12(5-6-13(14)18)21-7-3-4-15(21)22/h5-6,9,11H,2-4,7-8,10H2,1H3,(H,19,24). The van der Waals surface area contributed by atoms with Crippen LogP contribution in [0.25, 0.3) is 0 Å². The first-order valence-corrected chi connectivity index (χ1v) is 8.56. The minimum Gasteiger partial charge on any atom is -0.342 e. The molecule has 2 aliphatic rings. The largest absolute Gasteiger partial charge is 0.342 e. The average molecular weight is 350 g/mol. The molecule has 2 saturated heterocycles. The van der Waals surface area contributed by atoms with Gasteiger partial charge < -0.3 is 15.1 Å². The van der Waals surface area contributed by atoms with Crippen LogP contribution in [0.4, 0.5) is 11.4 Å². The van der Waals surface area contributed by atoms with Crippen LogP contribution < -0.4 is 10.2 Å². The Morgan fingerprint density at radius 1 is 1.33 bits per heavy atom. The van der Waals surface area contributed by atoms with Crippen molar-refractivity contribution in [3.63, 3.8) is 0 Å². The second-order valence-electron chi connectivity index (χ2n) is 6.14. The summed E-state index contributed by atoms with van der Waals surface area (Å²) in [6.45, 7) is 3.61. The molecule has 1 atom stereocenters. The lowest BCUT2D eigenvalue weighted by atomic mass is 10.1. The Balaban J connectivity index is 1.74. The summed E-state index contributed by atoms with van der Waals surface area (Å²) in [4.78, 5) is 39.5. The molecule has 1 aromatic rings. The summed E-state index contributed by atoms with van der Waals surface area (Å²) in [5.74, 6) is -0.508. The Bertz CT molecular complexity index is 692. The Hall–Kier alpha value is -2.08. The first-order valence-electron chi connectivity index (χ1n) is 8.18. The predicted molar refractivity (Wildman–Crippen MR) is 92.0 cm³/mol. The third kappa shape index (κ3) is 3.24. The van der Waals surface area contributed by atoms with Crippen LogP contribution in [-0.4, -0.2) is 42.3 Å². The van der Waals surface area contributed by atoms with Gasteiger partial charge in [-0.25, -0.2) is 0 Å². The van der Waals surface area contributed by atoms with Gasteiger partial charge in [-0.15, -0.1) is 0 Å². The topological polar surface area (TPSA) is 69.7 Å². The normalized spacial score (nSPS) is 20.8. The van der Waals surface area contributed by atoms with E-state index in [0.717, 1.165) is 12.1 Å². The van der Waals surface area contributed by atoms with E-state index in [-0.39, 0.29) is 30.1 Å². The number of hydrogen-bond acceptors (Lipinski definition) is 3. The molecule has 24 heavy (non-hydrogen) atoms. The van der Waals surface area contributed by atoms with E-state index in [2.05, 4.69) is 5.32 Å². The molecule has 3 rings (SSSR count). The van der Waals surface area contributed by atoms with Crippen LogP contribution in [0.2, 0.25) is 5.02 Å². The average Bonchev–Trinajstić information content (AvgIpc) is 3.15. The molecule has 2 heterocycles. The van der Waals surface area contributed by atoms with Crippen molar-refractivity contribution < 1.29 is 14.4 Å². The first kappa shape index (κ1) is 16.8. The van der Waals surface area contributed by atoms with Crippen LogP contribution in [-0.2, 0) is 14.4 Å². The first-order chi connectivity index (χ1) is 11.5. The van der Waals surface area contributed by atoms with Gasteiger partial charge >= 0.3 is 0 Å². The van der Waals surface area contributed by atoms with Crippen LogP contribution >= 0.6 is 11.6 Å². The summed E-state index contributed by atoms with van der Waals surface area (Å²) in [5, 5.41) is 3.22. The highest BCUT2D eigenvalue weighted by Crippen LogP contribution is 2.31. The fraction of sp³-hybridized carbons (Fsp3) is 0.471. The van der Waals surface area contributed by atoms with Crippen LogP contribution in [0.3, 0.4) is 0 Å². The molecular weight excluding hydrogens is 330 g/mol. The zero-order valence-electron chi connectivity index (χ0n) is 13.5. The van der Waals surface area contributed by atoms with E-state index < -0.39 is 0 Å². The highest BCUT2D eigenvalue weighted by molar-refractivity contribution is 6.34. The highest BCUT2D eigenvalue weighted by Gasteiger charge is 2.33. The Labute approximate surface area is 145 Å². The number of nitrogens with zero attached hydrogens (tertiary/aromatic N) is 2. The van der Waals surface area contributed by atoms with E-state index >= 15 is 0 Å². The number of anilines is 2. The lowest BCUT2D eigenvalue weighted by Crippen LogP contribution is -2.28. The highest BCUT2D eigenvalue weighted by atomic mass is 35.5.